The molecule has 2 aromatic carbocycles. The summed E-state index contributed by atoms with van der Waals surface area (Å²) in [6, 6.07) is 11.4. The van der Waals surface area contributed by atoms with Gasteiger partial charge in [0.2, 0.25) is 0 Å². The van der Waals surface area contributed by atoms with Crippen molar-refractivity contribution in [1.29, 1.82) is 0 Å². The number of carbonyl (C=O) groups is 2. The molecular weight excluding hydrogens is 572 g/mol. The Labute approximate surface area is 264 Å². The first kappa shape index (κ1) is 32.2. The van der Waals surface area contributed by atoms with Crippen molar-refractivity contribution < 1.29 is 23.9 Å². The number of hydrogen-bond donors (Lipinski definition) is 2. The molecule has 1 saturated heterocycles. The van der Waals surface area contributed by atoms with Gasteiger partial charge in [-0.15, -0.1) is 0 Å². The summed E-state index contributed by atoms with van der Waals surface area (Å²) >= 11 is 0. The Kier molecular flexibility index (Phi) is 8.52. The molecule has 1 fully saturated rings. The normalized spacial score (nSPS) is 18.7. The van der Waals surface area contributed by atoms with E-state index in [1.807, 2.05) is 32.9 Å². The number of benzene rings is 2. The molecule has 3 aromatic rings. The minimum atomic E-state index is -0.701. The van der Waals surface area contributed by atoms with Gasteiger partial charge in [-0.05, 0) is 69.0 Å². The third-order valence-electron chi connectivity index (χ3n) is 9.58. The lowest BCUT2D eigenvalue weighted by Gasteiger charge is -2.51. The second-order valence-corrected chi connectivity index (χ2v) is 14.9. The lowest BCUT2D eigenvalue weighted by Crippen LogP contribution is -2.61. The number of phenolic OH excluding ortho intramolecular Hbond substituents is 1. The van der Waals surface area contributed by atoms with Crippen LogP contribution in [0.5, 0.6) is 5.75 Å². The van der Waals surface area contributed by atoms with E-state index < -0.39 is 11.7 Å². The first-order chi connectivity index (χ1) is 20.5. The summed E-state index contributed by atoms with van der Waals surface area (Å²) < 4.78 is 13.6. The Bertz CT molecular complexity index is 1580. The maximum Gasteiger partial charge on any atom is 0.419 e. The fourth-order valence-corrected chi connectivity index (χ4v) is 7.21. The molecule has 44 heavy (non-hydrogen) atoms. The summed E-state index contributed by atoms with van der Waals surface area (Å²) in [5.41, 5.74) is 3.10. The topological polar surface area (TPSA) is 96.3 Å². The molecule has 2 unspecified atom stereocenters. The highest BCUT2D eigenvalue weighted by Crippen LogP contribution is 2.40. The van der Waals surface area contributed by atoms with Crippen molar-refractivity contribution in [2.45, 2.75) is 79.8 Å². The summed E-state index contributed by atoms with van der Waals surface area (Å²) in [6.45, 7) is 21.7. The van der Waals surface area contributed by atoms with Gasteiger partial charge in [0.1, 0.15) is 27.6 Å². The van der Waals surface area contributed by atoms with Gasteiger partial charge in [-0.25, -0.2) is 9.36 Å². The van der Waals surface area contributed by atoms with Crippen molar-refractivity contribution >= 4 is 33.4 Å². The van der Waals surface area contributed by atoms with Gasteiger partial charge in [-0.1, -0.05) is 33.8 Å². The van der Waals surface area contributed by atoms with Gasteiger partial charge in [0.15, 0.2) is 0 Å². The molecule has 2 atom stereocenters. The zero-order valence-corrected chi connectivity index (χ0v) is 29.7. The van der Waals surface area contributed by atoms with Crippen molar-refractivity contribution in [3.8, 4) is 17.0 Å². The molecule has 10 heteroatoms. The zero-order chi connectivity index (χ0) is 32.2. The Balaban J connectivity index is 1.44. The number of piperazine rings is 1. The molecular formula is C34H48N4O5Si. The van der Waals surface area contributed by atoms with Crippen molar-refractivity contribution in [1.82, 2.24) is 19.7 Å². The summed E-state index contributed by atoms with van der Waals surface area (Å²) in [5.74, 6) is 0.172. The zero-order valence-electron chi connectivity index (χ0n) is 27.7. The predicted molar refractivity (Wildman–Crippen MR) is 177 cm³/mol. The number of fused-ring (bicyclic) bond motifs is 2. The SMILES string of the molecule is CC(C(C)(C)C)C(C)(O[SiH3])N1CCN(Cc2ccc3c(c2)cc(-c2ccc(O)c4c2C(=O)NC4)n3C(=O)OC(C)(C)C)CC1. The van der Waals surface area contributed by atoms with Crippen LogP contribution >= 0.6 is 0 Å². The molecule has 0 aliphatic carbocycles. The number of nitrogens with one attached hydrogen (secondary N) is 1. The fraction of sp³-hybridized carbons (Fsp3) is 0.529. The molecule has 1 amide bonds. The van der Waals surface area contributed by atoms with Gasteiger partial charge in [0.05, 0.1) is 16.8 Å². The molecule has 2 N–H and O–H groups in total. The maximum atomic E-state index is 13.6. The second-order valence-electron chi connectivity index (χ2n) is 14.5. The minimum absolute atomic E-state index is 0.0603. The number of ether oxygens (including phenoxy) is 1. The van der Waals surface area contributed by atoms with E-state index in [1.165, 1.54) is 0 Å². The van der Waals surface area contributed by atoms with Crippen molar-refractivity contribution in [2.24, 2.45) is 11.3 Å². The van der Waals surface area contributed by atoms with Crippen LogP contribution in [0.15, 0.2) is 36.4 Å². The average Bonchev–Trinajstić information content (AvgIpc) is 3.53. The van der Waals surface area contributed by atoms with Crippen LogP contribution in [0.3, 0.4) is 0 Å². The number of nitrogens with zero attached hydrogens (tertiary/aromatic N) is 3. The molecule has 2 aliphatic rings. The van der Waals surface area contributed by atoms with Crippen molar-refractivity contribution in [3.05, 3.63) is 53.1 Å². The lowest BCUT2D eigenvalue weighted by atomic mass is 9.75. The first-order valence-electron chi connectivity index (χ1n) is 15.6. The Hall–Kier alpha value is -3.18. The molecule has 9 nitrogen and oxygen atoms in total. The van der Waals surface area contributed by atoms with E-state index in [1.54, 1.807) is 16.7 Å². The molecule has 1 aromatic heterocycles. The Morgan fingerprint density at radius 2 is 1.70 bits per heavy atom. The largest absolute Gasteiger partial charge is 0.508 e. The molecule has 238 valence electrons. The van der Waals surface area contributed by atoms with Crippen molar-refractivity contribution in [3.63, 3.8) is 0 Å². The quantitative estimate of drug-likeness (QED) is 0.381. The summed E-state index contributed by atoms with van der Waals surface area (Å²) in [6.07, 6.45) is -0.514. The highest BCUT2D eigenvalue weighted by Gasteiger charge is 2.43. The predicted octanol–water partition coefficient (Wildman–Crippen LogP) is 4.85. The van der Waals surface area contributed by atoms with E-state index in [-0.39, 0.29) is 29.3 Å². The van der Waals surface area contributed by atoms with E-state index in [4.69, 9.17) is 9.16 Å². The molecule has 2 aliphatic heterocycles. The van der Waals surface area contributed by atoms with E-state index in [0.717, 1.165) is 43.7 Å². The maximum absolute atomic E-state index is 13.6. The summed E-state index contributed by atoms with van der Waals surface area (Å²) in [5, 5.41) is 14.1. The van der Waals surface area contributed by atoms with Gasteiger partial charge in [-0.2, -0.15) is 0 Å². The van der Waals surface area contributed by atoms with E-state index in [9.17, 15) is 14.7 Å². The standard InChI is InChI=1S/C34H48N4O5Si/c1-21(32(2,3)4)34(8,43-44)37-15-13-36(14-16-37)20-22-9-11-26-23(17-22)18-27(38(26)31(41)42-33(5,6)7)24-10-12-28(39)25-19-35-30(40)29(24)25/h9-12,17-18,21,39H,13-16,19-20H2,1-8,44H3,(H,35,40). The van der Waals surface area contributed by atoms with Gasteiger partial charge in [-0.3, -0.25) is 14.6 Å². The Morgan fingerprint density at radius 1 is 1.02 bits per heavy atom. The third-order valence-corrected chi connectivity index (χ3v) is 10.4. The van der Waals surface area contributed by atoms with Crippen LogP contribution in [-0.4, -0.2) is 79.5 Å². The van der Waals surface area contributed by atoms with Crippen LogP contribution in [0.1, 0.15) is 76.9 Å². The van der Waals surface area contributed by atoms with Crippen LogP contribution in [-0.2, 0) is 22.3 Å². The number of aromatic hydroxyl groups is 1. The number of aromatic nitrogens is 1. The van der Waals surface area contributed by atoms with Gasteiger partial charge < -0.3 is 19.6 Å². The molecule has 5 rings (SSSR count). The van der Waals surface area contributed by atoms with Crippen LogP contribution in [0, 0.1) is 11.3 Å². The van der Waals surface area contributed by atoms with Crippen LogP contribution in [0.2, 0.25) is 0 Å². The molecule has 0 radical (unpaired) electrons. The van der Waals surface area contributed by atoms with Gasteiger partial charge in [0, 0.05) is 61.7 Å². The molecule has 0 saturated carbocycles. The van der Waals surface area contributed by atoms with Crippen LogP contribution in [0.25, 0.3) is 22.2 Å². The monoisotopic (exact) mass is 620 g/mol. The molecule has 0 spiro atoms. The van der Waals surface area contributed by atoms with E-state index in [2.05, 4.69) is 61.9 Å². The third kappa shape index (κ3) is 6.05. The average molecular weight is 621 g/mol. The lowest BCUT2D eigenvalue weighted by molar-refractivity contribution is -0.146. The highest BCUT2D eigenvalue weighted by atomic mass is 28.2. The van der Waals surface area contributed by atoms with Gasteiger partial charge >= 0.3 is 6.09 Å². The summed E-state index contributed by atoms with van der Waals surface area (Å²) in [4.78, 5) is 31.4. The number of rotatable bonds is 6. The number of hydrogen-bond acceptors (Lipinski definition) is 7. The van der Waals surface area contributed by atoms with E-state index in [0.29, 0.717) is 44.3 Å². The van der Waals surface area contributed by atoms with E-state index >= 15 is 0 Å². The number of amides is 1. The molecule has 3 heterocycles. The van der Waals surface area contributed by atoms with Crippen LogP contribution in [0.4, 0.5) is 4.79 Å². The minimum Gasteiger partial charge on any atom is -0.508 e. The second kappa shape index (κ2) is 11.6. The number of carbonyl (C=O) groups excluding carboxylic acids is 2. The summed E-state index contributed by atoms with van der Waals surface area (Å²) in [7, 11) is 0.693. The first-order valence-corrected chi connectivity index (χ1v) is 16.4. The smallest absolute Gasteiger partial charge is 0.419 e. The number of phenols is 1. The Morgan fingerprint density at radius 3 is 2.32 bits per heavy atom. The fourth-order valence-electron chi connectivity index (χ4n) is 6.60. The molecule has 0 bridgehead atoms. The highest BCUT2D eigenvalue weighted by molar-refractivity contribution is 6.07. The van der Waals surface area contributed by atoms with Crippen molar-refractivity contribution in [2.75, 3.05) is 26.2 Å². The van der Waals surface area contributed by atoms with Gasteiger partial charge in [0.25, 0.3) is 5.91 Å². The van der Waals surface area contributed by atoms with Crippen LogP contribution < -0.4 is 5.32 Å².